The van der Waals surface area contributed by atoms with Gasteiger partial charge in [-0.2, -0.15) is 0 Å². The molecule has 0 atom stereocenters. The fourth-order valence-corrected chi connectivity index (χ4v) is 3.64. The molecule has 0 saturated carbocycles. The lowest BCUT2D eigenvalue weighted by Crippen LogP contribution is -1.96. The summed E-state index contributed by atoms with van der Waals surface area (Å²) in [5.41, 5.74) is 2.04. The molecule has 76 valence electrons. The Bertz CT molecular complexity index is 556. The zero-order chi connectivity index (χ0) is 10.4. The number of hydrogen-bond acceptors (Lipinski definition) is 2. The third-order valence-electron chi connectivity index (χ3n) is 2.90. The number of benzene rings is 1. The number of hydrogen-bond donors (Lipinski definition) is 0. The van der Waals surface area contributed by atoms with Crippen LogP contribution in [0.15, 0.2) is 18.2 Å². The average molecular weight is 237 g/mol. The highest BCUT2D eigenvalue weighted by atomic mass is 35.5. The topological polar surface area (TPSA) is 17.1 Å². The molecule has 0 spiro atoms. The summed E-state index contributed by atoms with van der Waals surface area (Å²) in [6.45, 7) is 0. The van der Waals surface area contributed by atoms with E-state index in [0.29, 0.717) is 6.42 Å². The van der Waals surface area contributed by atoms with Gasteiger partial charge in [0.25, 0.3) is 0 Å². The molecular formula is C12H9ClOS. The maximum Gasteiger partial charge on any atom is 0.163 e. The van der Waals surface area contributed by atoms with E-state index in [2.05, 4.69) is 0 Å². The molecule has 0 saturated heterocycles. The van der Waals surface area contributed by atoms with Gasteiger partial charge in [0.05, 0.1) is 4.34 Å². The molecule has 3 heteroatoms. The van der Waals surface area contributed by atoms with Gasteiger partial charge in [0.2, 0.25) is 0 Å². The predicted octanol–water partition coefficient (Wildman–Crippen LogP) is 4.07. The number of thiophene rings is 1. The first-order valence-electron chi connectivity index (χ1n) is 5.00. The van der Waals surface area contributed by atoms with Crippen molar-refractivity contribution in [3.05, 3.63) is 33.7 Å². The molecule has 1 aromatic heterocycles. The zero-order valence-electron chi connectivity index (χ0n) is 8.05. The van der Waals surface area contributed by atoms with Crippen LogP contribution in [0.2, 0.25) is 4.34 Å². The van der Waals surface area contributed by atoms with Gasteiger partial charge in [0, 0.05) is 22.1 Å². The maximum absolute atomic E-state index is 11.9. The second kappa shape index (κ2) is 3.32. The van der Waals surface area contributed by atoms with Gasteiger partial charge in [-0.25, -0.2) is 0 Å². The highest BCUT2D eigenvalue weighted by Crippen LogP contribution is 2.39. The van der Waals surface area contributed by atoms with Crippen LogP contribution in [0, 0.1) is 0 Å². The summed E-state index contributed by atoms with van der Waals surface area (Å²) in [5, 5.41) is 1.11. The molecule has 15 heavy (non-hydrogen) atoms. The molecule has 1 aliphatic rings. The molecule has 0 amide bonds. The summed E-state index contributed by atoms with van der Waals surface area (Å²) in [6, 6.07) is 5.90. The van der Waals surface area contributed by atoms with E-state index in [4.69, 9.17) is 11.6 Å². The van der Waals surface area contributed by atoms with Crippen LogP contribution in [-0.4, -0.2) is 5.78 Å². The van der Waals surface area contributed by atoms with Crippen LogP contribution >= 0.6 is 22.9 Å². The summed E-state index contributed by atoms with van der Waals surface area (Å²) in [6.07, 6.45) is 2.50. The van der Waals surface area contributed by atoms with Crippen molar-refractivity contribution in [2.45, 2.75) is 19.3 Å². The molecule has 0 aliphatic heterocycles. The molecule has 0 unspecified atom stereocenters. The van der Waals surface area contributed by atoms with Gasteiger partial charge in [0.15, 0.2) is 5.78 Å². The van der Waals surface area contributed by atoms with Crippen LogP contribution in [0.4, 0.5) is 0 Å². The molecule has 0 fully saturated rings. The van der Waals surface area contributed by atoms with Gasteiger partial charge in [-0.3, -0.25) is 4.79 Å². The molecule has 1 heterocycles. The van der Waals surface area contributed by atoms with E-state index >= 15 is 0 Å². The summed E-state index contributed by atoms with van der Waals surface area (Å²) in [7, 11) is 0. The normalized spacial score (nSPS) is 15.7. The Morgan fingerprint density at radius 3 is 3.00 bits per heavy atom. The fraction of sp³-hybridized carbons (Fsp3) is 0.250. The van der Waals surface area contributed by atoms with Crippen molar-refractivity contribution in [3.8, 4) is 0 Å². The van der Waals surface area contributed by atoms with Crippen LogP contribution in [0.1, 0.15) is 28.8 Å². The zero-order valence-corrected chi connectivity index (χ0v) is 9.62. The quantitative estimate of drug-likeness (QED) is 0.674. The lowest BCUT2D eigenvalue weighted by molar-refractivity contribution is 0.0983. The van der Waals surface area contributed by atoms with E-state index in [1.165, 1.54) is 5.56 Å². The van der Waals surface area contributed by atoms with E-state index in [0.717, 1.165) is 32.8 Å². The Morgan fingerprint density at radius 1 is 1.27 bits per heavy atom. The first-order valence-corrected chi connectivity index (χ1v) is 6.20. The molecule has 0 N–H and O–H groups in total. The molecular weight excluding hydrogens is 228 g/mol. The van der Waals surface area contributed by atoms with E-state index in [-0.39, 0.29) is 5.78 Å². The fourth-order valence-electron chi connectivity index (χ4n) is 2.20. The van der Waals surface area contributed by atoms with Gasteiger partial charge < -0.3 is 0 Å². The lowest BCUT2D eigenvalue weighted by Gasteiger charge is -1.98. The van der Waals surface area contributed by atoms with E-state index < -0.39 is 0 Å². The van der Waals surface area contributed by atoms with Crippen molar-refractivity contribution in [1.82, 2.24) is 0 Å². The minimum Gasteiger partial charge on any atom is -0.294 e. The molecule has 2 aromatic rings. The molecule has 0 bridgehead atoms. The summed E-state index contributed by atoms with van der Waals surface area (Å²) >= 11 is 7.78. The van der Waals surface area contributed by atoms with Crippen LogP contribution in [0.3, 0.4) is 0 Å². The SMILES string of the molecule is O=C1CCCc2c(Cl)sc3cccc1c23. The number of Topliss-reactive ketones (excluding diaryl/α,β-unsaturated/α-hetero) is 1. The number of carbonyl (C=O) groups excluding carboxylic acids is 1. The second-order valence-corrected chi connectivity index (χ2v) is 5.46. The Kier molecular flexibility index (Phi) is 2.08. The van der Waals surface area contributed by atoms with Gasteiger partial charge in [-0.15, -0.1) is 11.3 Å². The third kappa shape index (κ3) is 1.32. The van der Waals surface area contributed by atoms with E-state index in [1.807, 2.05) is 18.2 Å². The van der Waals surface area contributed by atoms with Gasteiger partial charge in [-0.05, 0) is 24.5 Å². The van der Waals surface area contributed by atoms with Crippen LogP contribution < -0.4 is 0 Å². The minimum atomic E-state index is 0.258. The van der Waals surface area contributed by atoms with Crippen molar-refractivity contribution < 1.29 is 4.79 Å². The first-order chi connectivity index (χ1) is 7.27. The standard InChI is InChI=1S/C12H9ClOS/c13-12-8-4-1-5-9(14)7-3-2-6-10(15-12)11(7)8/h2-3,6H,1,4-5H2. The maximum atomic E-state index is 11.9. The highest BCUT2D eigenvalue weighted by Gasteiger charge is 2.20. The Morgan fingerprint density at radius 2 is 2.13 bits per heavy atom. The monoisotopic (exact) mass is 236 g/mol. The molecule has 1 aromatic carbocycles. The van der Waals surface area contributed by atoms with Gasteiger partial charge in [-0.1, -0.05) is 23.7 Å². The Balaban J connectivity index is 2.47. The lowest BCUT2D eigenvalue weighted by atomic mass is 10.0. The smallest absolute Gasteiger partial charge is 0.163 e. The predicted molar refractivity (Wildman–Crippen MR) is 64.1 cm³/mol. The van der Waals surface area contributed by atoms with Crippen LogP contribution in [0.25, 0.3) is 10.1 Å². The number of rotatable bonds is 0. The Labute approximate surface area is 96.7 Å². The van der Waals surface area contributed by atoms with Crippen LogP contribution in [-0.2, 0) is 6.42 Å². The molecule has 0 radical (unpaired) electrons. The van der Waals surface area contributed by atoms with E-state index in [9.17, 15) is 4.79 Å². The van der Waals surface area contributed by atoms with Crippen molar-refractivity contribution in [2.75, 3.05) is 0 Å². The Hall–Kier alpha value is -0.860. The van der Waals surface area contributed by atoms with Crippen molar-refractivity contribution in [1.29, 1.82) is 0 Å². The van der Waals surface area contributed by atoms with Crippen molar-refractivity contribution in [2.24, 2.45) is 0 Å². The van der Waals surface area contributed by atoms with Crippen molar-refractivity contribution >= 4 is 38.8 Å². The first kappa shape index (κ1) is 9.37. The average Bonchev–Trinajstić information content (AvgIpc) is 2.43. The molecule has 1 nitrogen and oxygen atoms in total. The number of ketones is 1. The second-order valence-electron chi connectivity index (χ2n) is 3.81. The number of halogens is 1. The van der Waals surface area contributed by atoms with Gasteiger partial charge >= 0.3 is 0 Å². The summed E-state index contributed by atoms with van der Waals surface area (Å²) < 4.78 is 2.00. The van der Waals surface area contributed by atoms with Crippen LogP contribution in [0.5, 0.6) is 0 Å². The summed E-state index contributed by atoms with van der Waals surface area (Å²) in [5.74, 6) is 0.258. The molecule has 3 rings (SSSR count). The largest absolute Gasteiger partial charge is 0.294 e. The van der Waals surface area contributed by atoms with E-state index in [1.54, 1.807) is 11.3 Å². The number of carbonyl (C=O) groups is 1. The third-order valence-corrected chi connectivity index (χ3v) is 4.34. The highest BCUT2D eigenvalue weighted by molar-refractivity contribution is 7.23. The van der Waals surface area contributed by atoms with Crippen molar-refractivity contribution in [3.63, 3.8) is 0 Å². The molecule has 1 aliphatic carbocycles. The van der Waals surface area contributed by atoms with Gasteiger partial charge in [0.1, 0.15) is 0 Å². The summed E-state index contributed by atoms with van der Waals surface area (Å²) in [4.78, 5) is 11.9. The number of aryl methyl sites for hydroxylation is 1. The minimum absolute atomic E-state index is 0.258.